The molecule has 1 N–H and O–H groups in total. The van der Waals surface area contributed by atoms with Crippen molar-refractivity contribution in [3.63, 3.8) is 0 Å². The normalized spacial score (nSPS) is 10.8. The Bertz CT molecular complexity index is 902. The van der Waals surface area contributed by atoms with E-state index >= 15 is 0 Å². The summed E-state index contributed by atoms with van der Waals surface area (Å²) in [7, 11) is 0. The van der Waals surface area contributed by atoms with Gasteiger partial charge in [0.1, 0.15) is 0 Å². The largest absolute Gasteiger partial charge is 0.352 e. The van der Waals surface area contributed by atoms with Crippen LogP contribution in [0.3, 0.4) is 0 Å². The third kappa shape index (κ3) is 4.90. The number of rotatable bonds is 7. The summed E-state index contributed by atoms with van der Waals surface area (Å²) < 4.78 is 1.81. The van der Waals surface area contributed by atoms with Crippen LogP contribution in [0.25, 0.3) is 5.69 Å². The Labute approximate surface area is 169 Å². The molecule has 0 aliphatic carbocycles. The van der Waals surface area contributed by atoms with E-state index in [1.54, 1.807) is 6.20 Å². The van der Waals surface area contributed by atoms with E-state index in [2.05, 4.69) is 17.3 Å². The minimum atomic E-state index is -0.104. The first-order valence-corrected chi connectivity index (χ1v) is 9.69. The molecule has 0 saturated carbocycles. The zero-order valence-electron chi connectivity index (χ0n) is 15.1. The van der Waals surface area contributed by atoms with E-state index in [1.807, 2.05) is 53.2 Å². The lowest BCUT2D eigenvalue weighted by atomic mass is 10.1. The second-order valence-electron chi connectivity index (χ2n) is 6.28. The van der Waals surface area contributed by atoms with Gasteiger partial charge in [0.15, 0.2) is 0 Å². The molecule has 1 heterocycles. The van der Waals surface area contributed by atoms with Gasteiger partial charge in [-0.3, -0.25) is 4.79 Å². The van der Waals surface area contributed by atoms with Gasteiger partial charge in [-0.1, -0.05) is 48.7 Å². The van der Waals surface area contributed by atoms with Gasteiger partial charge in [0.2, 0.25) is 0 Å². The standard InChI is InChI=1S/C21H21Cl2N3O/c1-2-3-20-19(14-25-26(20)18-10-8-17(23)9-11-18)21(27)24-13-12-15-4-6-16(22)7-5-15/h4-11,14H,2-3,12-13H2,1H3,(H,24,27). The average molecular weight is 402 g/mol. The van der Waals surface area contributed by atoms with Crippen molar-refractivity contribution in [2.24, 2.45) is 0 Å². The molecule has 140 valence electrons. The van der Waals surface area contributed by atoms with Gasteiger partial charge in [0.25, 0.3) is 5.91 Å². The minimum Gasteiger partial charge on any atom is -0.352 e. The van der Waals surface area contributed by atoms with Gasteiger partial charge in [-0.25, -0.2) is 4.68 Å². The van der Waals surface area contributed by atoms with E-state index < -0.39 is 0 Å². The topological polar surface area (TPSA) is 46.9 Å². The summed E-state index contributed by atoms with van der Waals surface area (Å²) in [6.07, 6.45) is 4.07. The van der Waals surface area contributed by atoms with Crippen LogP contribution < -0.4 is 5.32 Å². The summed E-state index contributed by atoms with van der Waals surface area (Å²) in [5.41, 5.74) is 3.54. The molecule has 6 heteroatoms. The molecular weight excluding hydrogens is 381 g/mol. The summed E-state index contributed by atoms with van der Waals surface area (Å²) >= 11 is 11.9. The Morgan fingerprint density at radius 1 is 1.00 bits per heavy atom. The predicted molar refractivity (Wildman–Crippen MR) is 110 cm³/mol. The second-order valence-corrected chi connectivity index (χ2v) is 7.15. The van der Waals surface area contributed by atoms with Crippen LogP contribution in [0.4, 0.5) is 0 Å². The summed E-state index contributed by atoms with van der Waals surface area (Å²) in [6, 6.07) is 15.1. The molecule has 1 aromatic heterocycles. The highest BCUT2D eigenvalue weighted by Crippen LogP contribution is 2.19. The van der Waals surface area contributed by atoms with Crippen LogP contribution in [-0.4, -0.2) is 22.2 Å². The lowest BCUT2D eigenvalue weighted by Gasteiger charge is -2.10. The Morgan fingerprint density at radius 3 is 2.26 bits per heavy atom. The highest BCUT2D eigenvalue weighted by atomic mass is 35.5. The van der Waals surface area contributed by atoms with Gasteiger partial charge in [-0.15, -0.1) is 0 Å². The van der Waals surface area contributed by atoms with Gasteiger partial charge in [-0.2, -0.15) is 5.10 Å². The number of hydrogen-bond acceptors (Lipinski definition) is 2. The van der Waals surface area contributed by atoms with Crippen LogP contribution in [0.2, 0.25) is 10.0 Å². The lowest BCUT2D eigenvalue weighted by molar-refractivity contribution is 0.0953. The molecule has 0 radical (unpaired) electrons. The van der Waals surface area contributed by atoms with Gasteiger partial charge < -0.3 is 5.32 Å². The van der Waals surface area contributed by atoms with E-state index in [1.165, 1.54) is 0 Å². The number of nitrogens with zero attached hydrogens (tertiary/aromatic N) is 2. The van der Waals surface area contributed by atoms with Crippen LogP contribution in [0.1, 0.15) is 35.0 Å². The number of nitrogens with one attached hydrogen (secondary N) is 1. The van der Waals surface area contributed by atoms with Crippen LogP contribution >= 0.6 is 23.2 Å². The Hall–Kier alpha value is -2.30. The summed E-state index contributed by atoms with van der Waals surface area (Å²) in [5.74, 6) is -0.104. The number of benzene rings is 2. The first-order valence-electron chi connectivity index (χ1n) is 8.94. The number of amides is 1. The van der Waals surface area contributed by atoms with Crippen molar-refractivity contribution in [2.45, 2.75) is 26.2 Å². The molecule has 4 nitrogen and oxygen atoms in total. The molecule has 1 amide bonds. The van der Waals surface area contributed by atoms with E-state index in [9.17, 15) is 4.79 Å². The third-order valence-corrected chi connectivity index (χ3v) is 4.79. The summed E-state index contributed by atoms with van der Waals surface area (Å²) in [4.78, 5) is 12.7. The van der Waals surface area contributed by atoms with Crippen LogP contribution in [0, 0.1) is 0 Å². The molecule has 3 aromatic rings. The zero-order valence-corrected chi connectivity index (χ0v) is 16.6. The summed E-state index contributed by atoms with van der Waals surface area (Å²) in [6.45, 7) is 2.64. The van der Waals surface area contributed by atoms with E-state index in [-0.39, 0.29) is 5.91 Å². The maximum atomic E-state index is 12.7. The number of halogens is 2. The highest BCUT2D eigenvalue weighted by molar-refractivity contribution is 6.30. The van der Waals surface area contributed by atoms with Crippen molar-refractivity contribution in [3.8, 4) is 5.69 Å². The molecule has 0 aliphatic heterocycles. The first-order chi connectivity index (χ1) is 13.1. The van der Waals surface area contributed by atoms with Crippen LogP contribution in [-0.2, 0) is 12.8 Å². The number of aromatic nitrogens is 2. The fourth-order valence-corrected chi connectivity index (χ4v) is 3.16. The molecule has 3 rings (SSSR count). The van der Waals surface area contributed by atoms with Gasteiger partial charge in [-0.05, 0) is 54.8 Å². The van der Waals surface area contributed by atoms with Crippen molar-refractivity contribution >= 4 is 29.1 Å². The maximum absolute atomic E-state index is 12.7. The second kappa shape index (κ2) is 9.07. The Morgan fingerprint density at radius 2 is 1.63 bits per heavy atom. The fraction of sp³-hybridized carbons (Fsp3) is 0.238. The molecular formula is C21H21Cl2N3O. The van der Waals surface area contributed by atoms with Crippen molar-refractivity contribution < 1.29 is 4.79 Å². The molecule has 0 fully saturated rings. The molecule has 0 atom stereocenters. The number of hydrogen-bond donors (Lipinski definition) is 1. The predicted octanol–water partition coefficient (Wildman–Crippen LogP) is 5.10. The quantitative estimate of drug-likeness (QED) is 0.598. The minimum absolute atomic E-state index is 0.104. The Balaban J connectivity index is 1.72. The third-order valence-electron chi connectivity index (χ3n) is 4.28. The van der Waals surface area contributed by atoms with Gasteiger partial charge in [0.05, 0.1) is 23.1 Å². The van der Waals surface area contributed by atoms with E-state index in [4.69, 9.17) is 23.2 Å². The van der Waals surface area contributed by atoms with Crippen LogP contribution in [0.5, 0.6) is 0 Å². The molecule has 0 bridgehead atoms. The fourth-order valence-electron chi connectivity index (χ4n) is 2.91. The smallest absolute Gasteiger partial charge is 0.254 e. The monoisotopic (exact) mass is 401 g/mol. The lowest BCUT2D eigenvalue weighted by Crippen LogP contribution is -2.26. The zero-order chi connectivity index (χ0) is 19.2. The van der Waals surface area contributed by atoms with E-state index in [0.29, 0.717) is 22.2 Å². The number of carbonyl (C=O) groups is 1. The van der Waals surface area contributed by atoms with Gasteiger partial charge in [0, 0.05) is 16.6 Å². The van der Waals surface area contributed by atoms with Crippen molar-refractivity contribution in [1.29, 1.82) is 0 Å². The van der Waals surface area contributed by atoms with Crippen molar-refractivity contribution in [1.82, 2.24) is 15.1 Å². The molecule has 27 heavy (non-hydrogen) atoms. The SMILES string of the molecule is CCCc1c(C(=O)NCCc2ccc(Cl)cc2)cnn1-c1ccc(Cl)cc1. The summed E-state index contributed by atoms with van der Waals surface area (Å²) in [5, 5.41) is 8.80. The molecule has 2 aromatic carbocycles. The van der Waals surface area contributed by atoms with Crippen molar-refractivity contribution in [2.75, 3.05) is 6.54 Å². The molecule has 0 saturated heterocycles. The Kier molecular flexibility index (Phi) is 6.54. The van der Waals surface area contributed by atoms with Crippen LogP contribution in [0.15, 0.2) is 54.7 Å². The molecule has 0 spiro atoms. The molecule has 0 aliphatic rings. The first kappa shape index (κ1) is 19.5. The van der Waals surface area contributed by atoms with E-state index in [0.717, 1.165) is 36.2 Å². The number of carbonyl (C=O) groups excluding carboxylic acids is 1. The van der Waals surface area contributed by atoms with Crippen molar-refractivity contribution in [3.05, 3.63) is 81.6 Å². The highest BCUT2D eigenvalue weighted by Gasteiger charge is 2.17. The van der Waals surface area contributed by atoms with Gasteiger partial charge >= 0.3 is 0 Å². The average Bonchev–Trinajstić information content (AvgIpc) is 3.08. The molecule has 0 unspecified atom stereocenters. The maximum Gasteiger partial charge on any atom is 0.254 e.